The number of piperidine rings is 1. The molecule has 0 spiro atoms. The summed E-state index contributed by atoms with van der Waals surface area (Å²) in [6, 6.07) is 15.1. The number of thiophene rings is 1. The predicted octanol–water partition coefficient (Wildman–Crippen LogP) is 5.03. The number of rotatable bonds is 4. The fourth-order valence-electron chi connectivity index (χ4n) is 3.41. The molecule has 0 radical (unpaired) electrons. The van der Waals surface area contributed by atoms with Crippen molar-refractivity contribution in [1.29, 1.82) is 0 Å². The number of hydrogen-bond acceptors (Lipinski definition) is 4. The molecule has 1 amide bonds. The molecule has 1 aromatic heterocycles. The average molecular weight is 432 g/mol. The van der Waals surface area contributed by atoms with Gasteiger partial charge < -0.3 is 5.32 Å². The van der Waals surface area contributed by atoms with Crippen LogP contribution in [0.2, 0.25) is 5.02 Å². The van der Waals surface area contributed by atoms with Gasteiger partial charge in [-0.25, -0.2) is 4.39 Å². The summed E-state index contributed by atoms with van der Waals surface area (Å²) < 4.78 is 14.7. The number of amides is 1. The smallest absolute Gasteiger partial charge is 0.242 e. The Balaban J connectivity index is 1.73. The van der Waals surface area contributed by atoms with Crippen molar-refractivity contribution in [3.8, 4) is 0 Å². The van der Waals surface area contributed by atoms with Crippen LogP contribution in [0.25, 0.3) is 0 Å². The number of halogens is 2. The maximum absolute atomic E-state index is 14.7. The SMILES string of the molecule is O=C1C[C@@](c2ccsc2)(c2ccccc2F)NC(=O)[C@H]1Sc1ccccc1Cl. The molecule has 142 valence electrons. The van der Waals surface area contributed by atoms with Gasteiger partial charge in [0.2, 0.25) is 5.91 Å². The lowest BCUT2D eigenvalue weighted by atomic mass is 9.77. The van der Waals surface area contributed by atoms with E-state index in [-0.39, 0.29) is 17.8 Å². The van der Waals surface area contributed by atoms with E-state index in [0.29, 0.717) is 15.5 Å². The van der Waals surface area contributed by atoms with Gasteiger partial charge in [-0.3, -0.25) is 9.59 Å². The van der Waals surface area contributed by atoms with Crippen molar-refractivity contribution >= 4 is 46.4 Å². The standard InChI is InChI=1S/C21H15ClFNO2S2/c22-15-6-2-4-8-18(15)28-19-17(25)11-21(24-20(19)26,13-9-10-27-12-13)14-5-1-3-7-16(14)23/h1-10,12,19H,11H2,(H,24,26)/t19-,21+/m0/s1. The predicted molar refractivity (Wildman–Crippen MR) is 110 cm³/mol. The third kappa shape index (κ3) is 3.36. The Labute approximate surface area is 174 Å². The van der Waals surface area contributed by atoms with Crippen LogP contribution in [-0.2, 0) is 15.1 Å². The Morgan fingerprint density at radius 1 is 1.11 bits per heavy atom. The molecule has 2 aromatic carbocycles. The quantitative estimate of drug-likeness (QED) is 0.589. The number of nitrogens with one attached hydrogen (secondary N) is 1. The summed E-state index contributed by atoms with van der Waals surface area (Å²) in [6.07, 6.45) is -0.0292. The van der Waals surface area contributed by atoms with Crippen molar-refractivity contribution in [3.63, 3.8) is 0 Å². The van der Waals surface area contributed by atoms with Crippen molar-refractivity contribution in [2.45, 2.75) is 22.1 Å². The van der Waals surface area contributed by atoms with Gasteiger partial charge in [0.1, 0.15) is 16.6 Å². The number of benzene rings is 2. The summed E-state index contributed by atoms with van der Waals surface area (Å²) in [4.78, 5) is 26.7. The Kier molecular flexibility index (Phi) is 5.27. The van der Waals surface area contributed by atoms with Gasteiger partial charge in [0.25, 0.3) is 0 Å². The van der Waals surface area contributed by atoms with Crippen LogP contribution >= 0.6 is 34.7 Å². The maximum atomic E-state index is 14.7. The van der Waals surface area contributed by atoms with Crippen LogP contribution in [0.15, 0.2) is 70.3 Å². The van der Waals surface area contributed by atoms with E-state index in [9.17, 15) is 14.0 Å². The lowest BCUT2D eigenvalue weighted by Gasteiger charge is -2.40. The first-order valence-corrected chi connectivity index (χ1v) is 10.7. The zero-order valence-corrected chi connectivity index (χ0v) is 16.9. The molecular weight excluding hydrogens is 417 g/mol. The van der Waals surface area contributed by atoms with Crippen LogP contribution in [-0.4, -0.2) is 16.9 Å². The van der Waals surface area contributed by atoms with Crippen molar-refractivity contribution in [1.82, 2.24) is 5.32 Å². The van der Waals surface area contributed by atoms with E-state index in [1.165, 1.54) is 17.4 Å². The summed E-state index contributed by atoms with van der Waals surface area (Å²) >= 11 is 8.73. The molecule has 3 aromatic rings. The van der Waals surface area contributed by atoms with Gasteiger partial charge in [-0.15, -0.1) is 11.8 Å². The fourth-order valence-corrected chi connectivity index (χ4v) is 5.39. The first kappa shape index (κ1) is 19.2. The molecule has 1 fully saturated rings. The summed E-state index contributed by atoms with van der Waals surface area (Å²) in [7, 11) is 0. The molecule has 3 nitrogen and oxygen atoms in total. The Hall–Kier alpha value is -2.15. The van der Waals surface area contributed by atoms with Crippen LogP contribution in [0, 0.1) is 5.82 Å². The van der Waals surface area contributed by atoms with Crippen molar-refractivity contribution in [2.75, 3.05) is 0 Å². The Morgan fingerprint density at radius 3 is 2.54 bits per heavy atom. The minimum atomic E-state index is -1.21. The lowest BCUT2D eigenvalue weighted by molar-refractivity contribution is -0.132. The molecule has 0 unspecified atom stereocenters. The Morgan fingerprint density at radius 2 is 1.86 bits per heavy atom. The van der Waals surface area contributed by atoms with Gasteiger partial charge in [0, 0.05) is 16.9 Å². The number of ketones is 1. The molecule has 4 rings (SSSR count). The van der Waals surface area contributed by atoms with Crippen LogP contribution in [0.5, 0.6) is 0 Å². The van der Waals surface area contributed by atoms with Crippen molar-refractivity contribution in [3.05, 3.63) is 87.3 Å². The van der Waals surface area contributed by atoms with Gasteiger partial charge in [0.15, 0.2) is 5.78 Å². The molecule has 2 atom stereocenters. The second-order valence-electron chi connectivity index (χ2n) is 6.46. The summed E-state index contributed by atoms with van der Waals surface area (Å²) in [5, 5.41) is 6.19. The average Bonchev–Trinajstić information content (AvgIpc) is 3.21. The monoisotopic (exact) mass is 431 g/mol. The van der Waals surface area contributed by atoms with Gasteiger partial charge in [-0.05, 0) is 40.6 Å². The fraction of sp³-hybridized carbons (Fsp3) is 0.143. The number of carbonyl (C=O) groups is 2. The first-order valence-electron chi connectivity index (χ1n) is 8.55. The number of Topliss-reactive ketones (excluding diaryl/α,β-unsaturated/α-hetero) is 1. The third-order valence-corrected chi connectivity index (χ3v) is 7.18. The summed E-state index contributed by atoms with van der Waals surface area (Å²) in [5.74, 6) is -1.17. The third-order valence-electron chi connectivity index (χ3n) is 4.74. The summed E-state index contributed by atoms with van der Waals surface area (Å²) in [6.45, 7) is 0. The molecule has 1 N–H and O–H groups in total. The van der Waals surface area contributed by atoms with Gasteiger partial charge in [0.05, 0.1) is 5.02 Å². The van der Waals surface area contributed by atoms with Crippen molar-refractivity contribution < 1.29 is 14.0 Å². The van der Waals surface area contributed by atoms with Crippen LogP contribution in [0.1, 0.15) is 17.5 Å². The molecular formula is C21H15ClFNO2S2. The molecule has 0 aliphatic carbocycles. The van der Waals surface area contributed by atoms with Gasteiger partial charge >= 0.3 is 0 Å². The van der Waals surface area contributed by atoms with E-state index < -0.39 is 22.5 Å². The van der Waals surface area contributed by atoms with Gasteiger partial charge in [-0.1, -0.05) is 41.9 Å². The molecule has 0 bridgehead atoms. The highest BCUT2D eigenvalue weighted by atomic mass is 35.5. The zero-order chi connectivity index (χ0) is 19.7. The molecule has 2 heterocycles. The summed E-state index contributed by atoms with van der Waals surface area (Å²) in [5.41, 5.74) is -0.223. The second kappa shape index (κ2) is 7.70. The maximum Gasteiger partial charge on any atom is 0.242 e. The molecule has 1 aliphatic heterocycles. The van der Waals surface area contributed by atoms with E-state index in [1.807, 2.05) is 16.8 Å². The van der Waals surface area contributed by atoms with Crippen LogP contribution in [0.3, 0.4) is 0 Å². The van der Waals surface area contributed by atoms with Gasteiger partial charge in [-0.2, -0.15) is 11.3 Å². The molecule has 0 saturated carbocycles. The zero-order valence-electron chi connectivity index (χ0n) is 14.5. The van der Waals surface area contributed by atoms with E-state index in [2.05, 4.69) is 5.32 Å². The van der Waals surface area contributed by atoms with Crippen LogP contribution < -0.4 is 5.32 Å². The van der Waals surface area contributed by atoms with E-state index in [1.54, 1.807) is 42.5 Å². The second-order valence-corrected chi connectivity index (χ2v) is 8.79. The lowest BCUT2D eigenvalue weighted by Crippen LogP contribution is -2.58. The minimum Gasteiger partial charge on any atom is -0.340 e. The first-order chi connectivity index (χ1) is 13.5. The molecule has 1 saturated heterocycles. The van der Waals surface area contributed by atoms with E-state index >= 15 is 0 Å². The highest BCUT2D eigenvalue weighted by Gasteiger charge is 2.48. The van der Waals surface area contributed by atoms with Crippen molar-refractivity contribution in [2.24, 2.45) is 0 Å². The number of carbonyl (C=O) groups excluding carboxylic acids is 2. The Bertz CT molecular complexity index is 1020. The van der Waals surface area contributed by atoms with E-state index in [0.717, 1.165) is 11.8 Å². The van der Waals surface area contributed by atoms with E-state index in [4.69, 9.17) is 11.6 Å². The molecule has 1 aliphatic rings. The highest BCUT2D eigenvalue weighted by Crippen LogP contribution is 2.42. The minimum absolute atomic E-state index is 0.0292. The number of thioether (sulfide) groups is 1. The highest BCUT2D eigenvalue weighted by molar-refractivity contribution is 8.01. The normalized spacial score (nSPS) is 22.1. The topological polar surface area (TPSA) is 46.2 Å². The van der Waals surface area contributed by atoms with Crippen LogP contribution in [0.4, 0.5) is 4.39 Å². The largest absolute Gasteiger partial charge is 0.340 e. The molecule has 7 heteroatoms. The molecule has 28 heavy (non-hydrogen) atoms. The number of hydrogen-bond donors (Lipinski definition) is 1.